The van der Waals surface area contributed by atoms with Crippen LogP contribution in [0, 0.1) is 0 Å². The Labute approximate surface area is 261 Å². The predicted octanol–water partition coefficient (Wildman–Crippen LogP) is 3.55. The lowest BCUT2D eigenvalue weighted by atomic mass is 10.2. The number of hydrogen-bond donors (Lipinski definition) is 3. The Kier molecular flexibility index (Phi) is 15.4. The predicted molar refractivity (Wildman–Crippen MR) is 143 cm³/mol. The highest BCUT2D eigenvalue weighted by Gasteiger charge is 2.39. The molecule has 4 rings (SSSR count). The van der Waals surface area contributed by atoms with Gasteiger partial charge in [0.1, 0.15) is 11.6 Å². The molecule has 3 heterocycles. The first kappa shape index (κ1) is 40.9. The van der Waals surface area contributed by atoms with E-state index in [9.17, 15) is 39.5 Å². The van der Waals surface area contributed by atoms with Crippen molar-refractivity contribution in [2.75, 3.05) is 46.9 Å². The number of fused-ring (bicyclic) bond motifs is 1. The number of halogens is 9. The summed E-state index contributed by atoms with van der Waals surface area (Å²) < 4.78 is 103. The number of likely N-dealkylation sites (N-methyl/N-ethyl adjacent to an activating group) is 1. The van der Waals surface area contributed by atoms with Crippen LogP contribution in [0.5, 0.6) is 5.75 Å². The van der Waals surface area contributed by atoms with E-state index in [0.717, 1.165) is 64.7 Å². The molecule has 0 saturated carbocycles. The Morgan fingerprint density at radius 1 is 0.723 bits per heavy atom. The van der Waals surface area contributed by atoms with E-state index in [1.54, 1.807) is 7.11 Å². The van der Waals surface area contributed by atoms with Crippen molar-refractivity contribution in [2.45, 2.75) is 44.7 Å². The standard InChI is InChI=1S/C20H29N5O.3C2HF3O2/c1-22-7-9-23(10-8-22)14-18-15-25-12-11-24(16-20(25)21-18)13-17-3-5-19(26-2)6-4-17;3*3-2(4,5)1(6)7/h3-6,15H,7-14,16H2,1-2H3;3*(H,6,7). The molecular formula is C26H32F9N5O7. The number of nitrogens with zero attached hydrogens (tertiary/aromatic N) is 5. The quantitative estimate of drug-likeness (QED) is 0.394. The monoisotopic (exact) mass is 697 g/mol. The van der Waals surface area contributed by atoms with Crippen LogP contribution in [-0.4, -0.2) is 123 Å². The average Bonchev–Trinajstić information content (AvgIpc) is 3.36. The van der Waals surface area contributed by atoms with Gasteiger partial charge in [0, 0.05) is 58.6 Å². The number of aromatic nitrogens is 2. The van der Waals surface area contributed by atoms with Gasteiger partial charge in [-0.15, -0.1) is 0 Å². The Morgan fingerprint density at radius 2 is 1.15 bits per heavy atom. The first-order valence-electron chi connectivity index (χ1n) is 13.2. The number of alkyl halides is 9. The van der Waals surface area contributed by atoms with Gasteiger partial charge < -0.3 is 29.5 Å². The van der Waals surface area contributed by atoms with E-state index < -0.39 is 36.4 Å². The first-order chi connectivity index (χ1) is 21.5. The number of ether oxygens (including phenoxy) is 1. The highest BCUT2D eigenvalue weighted by atomic mass is 19.4. The maximum Gasteiger partial charge on any atom is 0.490 e. The van der Waals surface area contributed by atoms with E-state index in [1.807, 2.05) is 12.1 Å². The molecule has 0 atom stereocenters. The van der Waals surface area contributed by atoms with Crippen LogP contribution in [0.4, 0.5) is 39.5 Å². The molecule has 0 amide bonds. The Bertz CT molecular complexity index is 1230. The van der Waals surface area contributed by atoms with Gasteiger partial charge in [-0.1, -0.05) is 12.1 Å². The molecular weight excluding hydrogens is 665 g/mol. The van der Waals surface area contributed by atoms with E-state index in [-0.39, 0.29) is 0 Å². The van der Waals surface area contributed by atoms with Crippen molar-refractivity contribution in [1.29, 1.82) is 0 Å². The van der Waals surface area contributed by atoms with Gasteiger partial charge in [-0.05, 0) is 24.7 Å². The number of hydrogen-bond acceptors (Lipinski definition) is 8. The van der Waals surface area contributed by atoms with Gasteiger partial charge in [0.2, 0.25) is 0 Å². The van der Waals surface area contributed by atoms with Crippen molar-refractivity contribution in [2.24, 2.45) is 0 Å². The van der Waals surface area contributed by atoms with Crippen molar-refractivity contribution >= 4 is 17.9 Å². The second-order valence-electron chi connectivity index (χ2n) is 9.89. The lowest BCUT2D eigenvalue weighted by molar-refractivity contribution is -0.193. The minimum Gasteiger partial charge on any atom is -0.497 e. The van der Waals surface area contributed by atoms with Gasteiger partial charge in [-0.3, -0.25) is 9.80 Å². The van der Waals surface area contributed by atoms with E-state index >= 15 is 0 Å². The van der Waals surface area contributed by atoms with Gasteiger partial charge in [0.15, 0.2) is 0 Å². The first-order valence-corrected chi connectivity index (χ1v) is 13.2. The Balaban J connectivity index is 0.000000430. The molecule has 0 unspecified atom stereocenters. The third kappa shape index (κ3) is 15.8. The summed E-state index contributed by atoms with van der Waals surface area (Å²) in [6.45, 7) is 9.56. The Morgan fingerprint density at radius 3 is 1.55 bits per heavy atom. The molecule has 1 aromatic carbocycles. The number of benzene rings is 1. The maximum absolute atomic E-state index is 10.6. The number of carboxylic acids is 3. The highest BCUT2D eigenvalue weighted by Crippen LogP contribution is 2.19. The molecule has 2 aliphatic heterocycles. The second kappa shape index (κ2) is 17.7. The molecule has 47 heavy (non-hydrogen) atoms. The third-order valence-corrected chi connectivity index (χ3v) is 6.21. The molecule has 3 N–H and O–H groups in total. The SMILES string of the molecule is COc1ccc(CN2CCn3cc(CN4CCN(C)CC4)nc3C2)cc1.O=C(O)C(F)(F)F.O=C(O)C(F)(F)F.O=C(O)C(F)(F)F. The molecule has 12 nitrogen and oxygen atoms in total. The lowest BCUT2D eigenvalue weighted by Crippen LogP contribution is -2.43. The number of piperazine rings is 1. The normalized spacial score (nSPS) is 15.8. The molecule has 2 aromatic rings. The molecule has 0 radical (unpaired) electrons. The minimum absolute atomic E-state index is 0.913. The largest absolute Gasteiger partial charge is 0.497 e. The molecule has 266 valence electrons. The summed E-state index contributed by atoms with van der Waals surface area (Å²) in [7, 11) is 3.91. The van der Waals surface area contributed by atoms with Crippen LogP contribution >= 0.6 is 0 Å². The van der Waals surface area contributed by atoms with Crippen LogP contribution in [0.1, 0.15) is 17.1 Å². The number of imidazole rings is 1. The summed E-state index contributed by atoms with van der Waals surface area (Å²) in [6, 6.07) is 8.38. The summed E-state index contributed by atoms with van der Waals surface area (Å²) in [5.74, 6) is -6.15. The van der Waals surface area contributed by atoms with Crippen molar-refractivity contribution < 1.29 is 74.0 Å². The van der Waals surface area contributed by atoms with Crippen molar-refractivity contribution in [1.82, 2.24) is 24.3 Å². The molecule has 1 saturated heterocycles. The van der Waals surface area contributed by atoms with Gasteiger partial charge in [0.25, 0.3) is 0 Å². The average molecular weight is 698 g/mol. The lowest BCUT2D eigenvalue weighted by Gasteiger charge is -2.31. The van der Waals surface area contributed by atoms with Crippen LogP contribution in [0.25, 0.3) is 0 Å². The zero-order valence-corrected chi connectivity index (χ0v) is 24.9. The maximum atomic E-state index is 10.6. The number of carbonyl (C=O) groups is 3. The van der Waals surface area contributed by atoms with Crippen LogP contribution < -0.4 is 4.74 Å². The zero-order valence-electron chi connectivity index (χ0n) is 24.9. The van der Waals surface area contributed by atoms with Gasteiger partial charge >= 0.3 is 36.4 Å². The van der Waals surface area contributed by atoms with Crippen LogP contribution in [0.15, 0.2) is 30.5 Å². The fourth-order valence-electron chi connectivity index (χ4n) is 3.80. The van der Waals surface area contributed by atoms with E-state index in [4.69, 9.17) is 39.4 Å². The topological polar surface area (TPSA) is 149 Å². The molecule has 0 bridgehead atoms. The molecule has 0 aliphatic carbocycles. The van der Waals surface area contributed by atoms with E-state index in [0.29, 0.717) is 0 Å². The van der Waals surface area contributed by atoms with Gasteiger partial charge in [-0.2, -0.15) is 39.5 Å². The van der Waals surface area contributed by atoms with Crippen molar-refractivity contribution in [3.63, 3.8) is 0 Å². The summed E-state index contributed by atoms with van der Waals surface area (Å²) in [4.78, 5) is 39.0. The smallest absolute Gasteiger partial charge is 0.490 e. The zero-order chi connectivity index (χ0) is 36.2. The van der Waals surface area contributed by atoms with Gasteiger partial charge in [-0.25, -0.2) is 19.4 Å². The molecule has 2 aliphatic rings. The van der Waals surface area contributed by atoms with E-state index in [2.05, 4.69) is 44.6 Å². The summed E-state index contributed by atoms with van der Waals surface area (Å²) >= 11 is 0. The van der Waals surface area contributed by atoms with E-state index in [1.165, 1.54) is 17.1 Å². The van der Waals surface area contributed by atoms with Crippen molar-refractivity contribution in [3.05, 3.63) is 47.5 Å². The second-order valence-corrected chi connectivity index (χ2v) is 9.89. The van der Waals surface area contributed by atoms with Crippen LogP contribution in [0.3, 0.4) is 0 Å². The number of rotatable bonds is 5. The molecule has 1 aromatic heterocycles. The number of carboxylic acid groups (broad SMARTS) is 3. The molecule has 0 spiro atoms. The number of aliphatic carboxylic acids is 3. The van der Waals surface area contributed by atoms with Crippen molar-refractivity contribution in [3.8, 4) is 5.75 Å². The molecule has 1 fully saturated rings. The summed E-state index contributed by atoms with van der Waals surface area (Å²) in [5, 5.41) is 21.4. The fraction of sp³-hybridized carbons (Fsp3) is 0.538. The van der Waals surface area contributed by atoms with Crippen LogP contribution in [0.2, 0.25) is 0 Å². The van der Waals surface area contributed by atoms with Gasteiger partial charge in [0.05, 0.1) is 19.3 Å². The summed E-state index contributed by atoms with van der Waals surface area (Å²) in [5.41, 5.74) is 2.54. The molecule has 21 heteroatoms. The highest BCUT2D eigenvalue weighted by molar-refractivity contribution is 5.73. The number of methoxy groups -OCH3 is 1. The summed E-state index contributed by atoms with van der Waals surface area (Å²) in [6.07, 6.45) is -13.0. The minimum atomic E-state index is -5.08. The fourth-order valence-corrected chi connectivity index (χ4v) is 3.80. The third-order valence-electron chi connectivity index (χ3n) is 6.21. The van der Waals surface area contributed by atoms with Crippen LogP contribution in [-0.2, 0) is 40.6 Å². The Hall–Kier alpha value is -4.11.